The van der Waals surface area contributed by atoms with E-state index in [1.807, 2.05) is 65.5 Å². The van der Waals surface area contributed by atoms with E-state index in [9.17, 15) is 9.59 Å². The zero-order valence-corrected chi connectivity index (χ0v) is 18.8. The molecule has 4 aromatic rings. The fourth-order valence-corrected chi connectivity index (χ4v) is 3.35. The molecule has 1 N–H and O–H groups in total. The molecule has 0 spiro atoms. The van der Waals surface area contributed by atoms with Crippen LogP contribution in [0.3, 0.4) is 0 Å². The van der Waals surface area contributed by atoms with Gasteiger partial charge in [0.2, 0.25) is 0 Å². The third-order valence-corrected chi connectivity index (χ3v) is 4.87. The lowest BCUT2D eigenvalue weighted by Gasteiger charge is -2.21. The molecule has 0 fully saturated rings. The summed E-state index contributed by atoms with van der Waals surface area (Å²) in [7, 11) is 0. The van der Waals surface area contributed by atoms with E-state index in [1.54, 1.807) is 51.2 Å². The number of nitrogens with one attached hydrogen (secondary N) is 1. The Balaban J connectivity index is 1.69. The first-order valence-corrected chi connectivity index (χ1v) is 10.6. The van der Waals surface area contributed by atoms with Crippen molar-refractivity contribution in [2.45, 2.75) is 26.4 Å². The van der Waals surface area contributed by atoms with Crippen LogP contribution in [-0.4, -0.2) is 27.0 Å². The van der Waals surface area contributed by atoms with Gasteiger partial charge in [0.15, 0.2) is 0 Å². The van der Waals surface area contributed by atoms with Crippen LogP contribution in [0.5, 0.6) is 0 Å². The Kier molecular flexibility index (Phi) is 6.09. The molecule has 1 amide bonds. The molecule has 33 heavy (non-hydrogen) atoms. The summed E-state index contributed by atoms with van der Waals surface area (Å²) in [5.74, 6) is -0.223. The van der Waals surface area contributed by atoms with E-state index in [0.29, 0.717) is 17.1 Å². The highest BCUT2D eigenvalue weighted by Crippen LogP contribution is 2.28. The Hall–Kier alpha value is -4.19. The predicted octanol–water partition coefficient (Wildman–Crippen LogP) is 5.75. The molecule has 2 aromatic carbocycles. The number of carbonyl (C=O) groups is 2. The van der Waals surface area contributed by atoms with Crippen LogP contribution in [0.15, 0.2) is 91.4 Å². The second-order valence-electron chi connectivity index (χ2n) is 8.58. The minimum atomic E-state index is -0.659. The van der Waals surface area contributed by atoms with Crippen LogP contribution in [-0.2, 0) is 4.74 Å². The SMILES string of the molecule is CC(C)(C)OC(=O)c1ccc(-c2ccccc2)cc1NC(=O)c1ccnc(-n2cccc2)c1. The monoisotopic (exact) mass is 439 g/mol. The minimum absolute atomic E-state index is 0.289. The van der Waals surface area contributed by atoms with Crippen molar-refractivity contribution >= 4 is 17.6 Å². The van der Waals surface area contributed by atoms with Crippen LogP contribution < -0.4 is 5.32 Å². The average molecular weight is 440 g/mol. The van der Waals surface area contributed by atoms with Gasteiger partial charge in [-0.2, -0.15) is 0 Å². The Bertz CT molecular complexity index is 1270. The maximum Gasteiger partial charge on any atom is 0.340 e. The van der Waals surface area contributed by atoms with Gasteiger partial charge >= 0.3 is 5.97 Å². The van der Waals surface area contributed by atoms with Crippen molar-refractivity contribution in [2.75, 3.05) is 5.32 Å². The summed E-state index contributed by atoms with van der Waals surface area (Å²) in [6.07, 6.45) is 5.29. The van der Waals surface area contributed by atoms with E-state index in [2.05, 4.69) is 10.3 Å². The number of ether oxygens (including phenoxy) is 1. The molecule has 0 bridgehead atoms. The molecular weight excluding hydrogens is 414 g/mol. The molecule has 6 heteroatoms. The quantitative estimate of drug-likeness (QED) is 0.402. The number of hydrogen-bond donors (Lipinski definition) is 1. The molecule has 0 aliphatic carbocycles. The zero-order valence-electron chi connectivity index (χ0n) is 18.8. The predicted molar refractivity (Wildman–Crippen MR) is 129 cm³/mol. The molecule has 0 radical (unpaired) electrons. The smallest absolute Gasteiger partial charge is 0.340 e. The summed E-state index contributed by atoms with van der Waals surface area (Å²) >= 11 is 0. The number of esters is 1. The van der Waals surface area contributed by atoms with E-state index < -0.39 is 11.6 Å². The van der Waals surface area contributed by atoms with Crippen LogP contribution in [0.1, 0.15) is 41.5 Å². The summed E-state index contributed by atoms with van der Waals surface area (Å²) < 4.78 is 7.38. The van der Waals surface area contributed by atoms with Gasteiger partial charge in [0.25, 0.3) is 5.91 Å². The van der Waals surface area contributed by atoms with Crippen LogP contribution in [0.2, 0.25) is 0 Å². The molecule has 0 aliphatic heterocycles. The molecule has 166 valence electrons. The van der Waals surface area contributed by atoms with Crippen molar-refractivity contribution in [3.63, 3.8) is 0 Å². The minimum Gasteiger partial charge on any atom is -0.456 e. The van der Waals surface area contributed by atoms with Crippen molar-refractivity contribution in [2.24, 2.45) is 0 Å². The number of hydrogen-bond acceptors (Lipinski definition) is 4. The van der Waals surface area contributed by atoms with Crippen LogP contribution >= 0.6 is 0 Å². The summed E-state index contributed by atoms with van der Waals surface area (Å²) in [6, 6.07) is 22.2. The first-order chi connectivity index (χ1) is 15.8. The lowest BCUT2D eigenvalue weighted by atomic mass is 10.0. The van der Waals surface area contributed by atoms with Crippen molar-refractivity contribution in [1.29, 1.82) is 0 Å². The number of amides is 1. The Morgan fingerprint density at radius 2 is 1.61 bits per heavy atom. The maximum atomic E-state index is 13.1. The van der Waals surface area contributed by atoms with Crippen LogP contribution in [0, 0.1) is 0 Å². The van der Waals surface area contributed by atoms with Gasteiger partial charge in [-0.3, -0.25) is 4.79 Å². The number of pyridine rings is 1. The molecule has 2 heterocycles. The third-order valence-electron chi connectivity index (χ3n) is 4.87. The maximum absolute atomic E-state index is 13.1. The lowest BCUT2D eigenvalue weighted by molar-refractivity contribution is 0.00708. The average Bonchev–Trinajstić information content (AvgIpc) is 3.34. The van der Waals surface area contributed by atoms with Gasteiger partial charge in [-0.15, -0.1) is 0 Å². The lowest BCUT2D eigenvalue weighted by Crippen LogP contribution is -2.25. The van der Waals surface area contributed by atoms with Crippen molar-refractivity contribution in [3.8, 4) is 16.9 Å². The highest BCUT2D eigenvalue weighted by Gasteiger charge is 2.22. The van der Waals surface area contributed by atoms with Crippen LogP contribution in [0.4, 0.5) is 5.69 Å². The van der Waals surface area contributed by atoms with Crippen LogP contribution in [0.25, 0.3) is 16.9 Å². The highest BCUT2D eigenvalue weighted by molar-refractivity contribution is 6.08. The van der Waals surface area contributed by atoms with Crippen molar-refractivity contribution in [1.82, 2.24) is 9.55 Å². The van der Waals surface area contributed by atoms with E-state index in [-0.39, 0.29) is 11.5 Å². The number of anilines is 1. The second-order valence-corrected chi connectivity index (χ2v) is 8.58. The second kappa shape index (κ2) is 9.12. The molecule has 4 rings (SSSR count). The molecule has 6 nitrogen and oxygen atoms in total. The fraction of sp³-hybridized carbons (Fsp3) is 0.148. The van der Waals surface area contributed by atoms with Gasteiger partial charge in [-0.25, -0.2) is 9.78 Å². The normalized spacial score (nSPS) is 11.1. The molecule has 0 aliphatic rings. The van der Waals surface area contributed by atoms with E-state index >= 15 is 0 Å². The van der Waals surface area contributed by atoms with Gasteiger partial charge < -0.3 is 14.6 Å². The van der Waals surface area contributed by atoms with Crippen molar-refractivity contribution in [3.05, 3.63) is 103 Å². The molecule has 0 unspecified atom stereocenters. The van der Waals surface area contributed by atoms with Gasteiger partial charge in [-0.05, 0) is 68.3 Å². The Labute approximate surface area is 192 Å². The van der Waals surface area contributed by atoms with E-state index in [4.69, 9.17) is 4.74 Å². The standard InChI is InChI=1S/C27H25N3O3/c1-27(2,3)33-26(32)22-12-11-20(19-9-5-4-6-10-19)17-23(22)29-25(31)21-13-14-28-24(18-21)30-15-7-8-16-30/h4-18H,1-3H3,(H,29,31). The van der Waals surface area contributed by atoms with Crippen molar-refractivity contribution < 1.29 is 14.3 Å². The van der Waals surface area contributed by atoms with E-state index in [0.717, 1.165) is 11.1 Å². The number of rotatable bonds is 5. The highest BCUT2D eigenvalue weighted by atomic mass is 16.6. The van der Waals surface area contributed by atoms with Gasteiger partial charge in [0.1, 0.15) is 11.4 Å². The summed E-state index contributed by atoms with van der Waals surface area (Å²) in [5.41, 5.74) is 2.29. The molecule has 0 saturated carbocycles. The third kappa shape index (κ3) is 5.36. The number of carbonyl (C=O) groups excluding carboxylic acids is 2. The van der Waals surface area contributed by atoms with Gasteiger partial charge in [-0.1, -0.05) is 36.4 Å². The first-order valence-electron chi connectivity index (χ1n) is 10.6. The van der Waals surface area contributed by atoms with Gasteiger partial charge in [0.05, 0.1) is 11.3 Å². The Morgan fingerprint density at radius 1 is 0.879 bits per heavy atom. The number of benzene rings is 2. The molecule has 2 aromatic heterocycles. The first kappa shape index (κ1) is 22.0. The summed E-state index contributed by atoms with van der Waals surface area (Å²) in [6.45, 7) is 5.42. The summed E-state index contributed by atoms with van der Waals surface area (Å²) in [4.78, 5) is 30.3. The summed E-state index contributed by atoms with van der Waals surface area (Å²) in [5, 5.41) is 2.90. The molecular formula is C27H25N3O3. The topological polar surface area (TPSA) is 73.2 Å². The number of nitrogens with zero attached hydrogens (tertiary/aromatic N) is 2. The fourth-order valence-electron chi connectivity index (χ4n) is 3.35. The van der Waals surface area contributed by atoms with Gasteiger partial charge in [0, 0.05) is 24.2 Å². The zero-order chi connectivity index (χ0) is 23.4. The molecule has 0 atom stereocenters. The molecule has 0 saturated heterocycles. The Morgan fingerprint density at radius 3 is 2.30 bits per heavy atom. The largest absolute Gasteiger partial charge is 0.456 e. The number of aromatic nitrogens is 2. The van der Waals surface area contributed by atoms with E-state index in [1.165, 1.54) is 0 Å².